The third-order valence-corrected chi connectivity index (χ3v) is 5.06. The summed E-state index contributed by atoms with van der Waals surface area (Å²) in [5, 5.41) is 2.86. The molecule has 0 aromatic heterocycles. The molecular formula is C19H25N3O3. The van der Waals surface area contributed by atoms with Gasteiger partial charge in [-0.25, -0.2) is 4.79 Å². The van der Waals surface area contributed by atoms with Gasteiger partial charge >= 0.3 is 6.03 Å². The molecule has 1 aromatic carbocycles. The summed E-state index contributed by atoms with van der Waals surface area (Å²) in [5.41, 5.74) is 0.957. The molecule has 1 spiro atoms. The van der Waals surface area contributed by atoms with Gasteiger partial charge in [0.05, 0.1) is 0 Å². The van der Waals surface area contributed by atoms with Crippen molar-refractivity contribution in [3.63, 3.8) is 0 Å². The molecule has 1 heterocycles. The molecule has 1 fully saturated rings. The highest BCUT2D eigenvalue weighted by atomic mass is 16.2. The number of fused-ring (bicyclic) bond motifs is 2. The van der Waals surface area contributed by atoms with Crippen molar-refractivity contribution in [2.24, 2.45) is 0 Å². The van der Waals surface area contributed by atoms with Gasteiger partial charge in [-0.05, 0) is 36.8 Å². The number of urea groups is 1. The van der Waals surface area contributed by atoms with E-state index in [0.717, 1.165) is 35.3 Å². The summed E-state index contributed by atoms with van der Waals surface area (Å²) in [6.07, 6.45) is 3.00. The molecule has 6 nitrogen and oxygen atoms in total. The molecule has 134 valence electrons. The number of aryl methyl sites for hydroxylation is 1. The second-order valence-electron chi connectivity index (χ2n) is 6.76. The molecule has 0 saturated carbocycles. The van der Waals surface area contributed by atoms with Crippen LogP contribution in [0.25, 0.3) is 0 Å². The number of rotatable bonds is 6. The topological polar surface area (TPSA) is 69.7 Å². The number of hydrogen-bond acceptors (Lipinski definition) is 3. The lowest BCUT2D eigenvalue weighted by Crippen LogP contribution is -2.45. The summed E-state index contributed by atoms with van der Waals surface area (Å²) in [5.74, 6) is -0.473. The Hall–Kier alpha value is -2.37. The van der Waals surface area contributed by atoms with Gasteiger partial charge in [0.2, 0.25) is 5.91 Å². The summed E-state index contributed by atoms with van der Waals surface area (Å²) in [6.45, 7) is 5.12. The maximum atomic E-state index is 13.0. The largest absolute Gasteiger partial charge is 0.341 e. The van der Waals surface area contributed by atoms with Gasteiger partial charge in [-0.1, -0.05) is 38.1 Å². The molecule has 0 bridgehead atoms. The minimum Gasteiger partial charge on any atom is -0.341 e. The lowest BCUT2D eigenvalue weighted by molar-refractivity contribution is -0.139. The zero-order chi connectivity index (χ0) is 18.0. The summed E-state index contributed by atoms with van der Waals surface area (Å²) in [7, 11) is 0. The fourth-order valence-corrected chi connectivity index (χ4v) is 3.87. The van der Waals surface area contributed by atoms with E-state index < -0.39 is 11.6 Å². The van der Waals surface area contributed by atoms with Gasteiger partial charge in [-0.15, -0.1) is 0 Å². The van der Waals surface area contributed by atoms with Crippen molar-refractivity contribution in [1.29, 1.82) is 0 Å². The molecule has 1 aromatic rings. The number of amides is 4. The fourth-order valence-electron chi connectivity index (χ4n) is 3.87. The normalized spacial score (nSPS) is 21.6. The van der Waals surface area contributed by atoms with E-state index in [4.69, 9.17) is 0 Å². The van der Waals surface area contributed by atoms with Crippen molar-refractivity contribution in [2.75, 3.05) is 19.6 Å². The second kappa shape index (κ2) is 6.86. The molecule has 0 radical (unpaired) electrons. The van der Waals surface area contributed by atoms with E-state index in [-0.39, 0.29) is 18.4 Å². The first kappa shape index (κ1) is 17.5. The molecule has 1 saturated heterocycles. The summed E-state index contributed by atoms with van der Waals surface area (Å²) in [4.78, 5) is 40.9. The molecule has 1 atom stereocenters. The third-order valence-electron chi connectivity index (χ3n) is 5.06. The van der Waals surface area contributed by atoms with E-state index >= 15 is 0 Å². The maximum absolute atomic E-state index is 13.0. The maximum Gasteiger partial charge on any atom is 0.325 e. The highest BCUT2D eigenvalue weighted by Gasteiger charge is 2.55. The Kier molecular flexibility index (Phi) is 4.79. The van der Waals surface area contributed by atoms with Crippen molar-refractivity contribution in [3.05, 3.63) is 35.4 Å². The van der Waals surface area contributed by atoms with Crippen molar-refractivity contribution < 1.29 is 14.4 Å². The molecule has 1 aliphatic carbocycles. The minimum atomic E-state index is -0.992. The van der Waals surface area contributed by atoms with Gasteiger partial charge in [0, 0.05) is 13.1 Å². The van der Waals surface area contributed by atoms with Crippen LogP contribution in [-0.4, -0.2) is 47.3 Å². The number of benzene rings is 1. The Balaban J connectivity index is 1.80. The first-order chi connectivity index (χ1) is 12.0. The summed E-state index contributed by atoms with van der Waals surface area (Å²) >= 11 is 0. The quantitative estimate of drug-likeness (QED) is 0.804. The van der Waals surface area contributed by atoms with Gasteiger partial charge < -0.3 is 10.2 Å². The Morgan fingerprint density at radius 2 is 1.88 bits per heavy atom. The monoisotopic (exact) mass is 343 g/mol. The second-order valence-corrected chi connectivity index (χ2v) is 6.76. The van der Waals surface area contributed by atoms with Crippen molar-refractivity contribution in [1.82, 2.24) is 15.1 Å². The zero-order valence-corrected chi connectivity index (χ0v) is 14.9. The van der Waals surface area contributed by atoms with Crippen molar-refractivity contribution in [3.8, 4) is 0 Å². The highest BCUT2D eigenvalue weighted by Crippen LogP contribution is 2.41. The predicted octanol–water partition coefficient (Wildman–Crippen LogP) is 2.03. The molecule has 3 rings (SSSR count). The Morgan fingerprint density at radius 3 is 2.56 bits per heavy atom. The highest BCUT2D eigenvalue weighted by molar-refractivity contribution is 6.09. The predicted molar refractivity (Wildman–Crippen MR) is 93.8 cm³/mol. The van der Waals surface area contributed by atoms with Gasteiger partial charge in [0.1, 0.15) is 12.1 Å². The molecule has 25 heavy (non-hydrogen) atoms. The van der Waals surface area contributed by atoms with Crippen LogP contribution in [-0.2, 0) is 21.5 Å². The van der Waals surface area contributed by atoms with Crippen LogP contribution in [0.3, 0.4) is 0 Å². The van der Waals surface area contributed by atoms with E-state index in [1.807, 2.05) is 38.1 Å². The van der Waals surface area contributed by atoms with E-state index in [9.17, 15) is 14.4 Å². The van der Waals surface area contributed by atoms with Crippen LogP contribution < -0.4 is 5.32 Å². The van der Waals surface area contributed by atoms with E-state index in [2.05, 4.69) is 5.32 Å². The summed E-state index contributed by atoms with van der Waals surface area (Å²) in [6, 6.07) is 7.23. The van der Waals surface area contributed by atoms with Crippen LogP contribution in [0.5, 0.6) is 0 Å². The average Bonchev–Trinajstić information content (AvgIpc) is 3.09. The molecule has 1 N–H and O–H groups in total. The van der Waals surface area contributed by atoms with Crippen LogP contribution in [0.15, 0.2) is 24.3 Å². The van der Waals surface area contributed by atoms with Crippen LogP contribution in [0.2, 0.25) is 0 Å². The third kappa shape index (κ3) is 2.90. The number of carbonyl (C=O) groups excluding carboxylic acids is 3. The lowest BCUT2D eigenvalue weighted by Gasteiger charge is -2.25. The Bertz CT molecular complexity index is 697. The van der Waals surface area contributed by atoms with Crippen molar-refractivity contribution >= 4 is 17.8 Å². The molecular weight excluding hydrogens is 318 g/mol. The first-order valence-corrected chi connectivity index (χ1v) is 9.03. The standard InChI is InChI=1S/C19H25N3O3/c1-3-11-21(12-4-2)16(23)13-22-17(24)19(20-18(22)25)10-9-14-7-5-6-8-15(14)19/h5-8H,3-4,9-13H2,1-2H3,(H,20,25)/t19-/m1/s1. The van der Waals surface area contributed by atoms with Gasteiger partial charge in [-0.3, -0.25) is 14.5 Å². The fraction of sp³-hybridized carbons (Fsp3) is 0.526. The lowest BCUT2D eigenvalue weighted by atomic mass is 9.92. The first-order valence-electron chi connectivity index (χ1n) is 9.03. The van der Waals surface area contributed by atoms with E-state index in [1.54, 1.807) is 4.90 Å². The zero-order valence-electron chi connectivity index (χ0n) is 14.9. The number of nitrogens with zero attached hydrogens (tertiary/aromatic N) is 2. The molecule has 2 aliphatic rings. The van der Waals surface area contributed by atoms with Crippen LogP contribution >= 0.6 is 0 Å². The smallest absolute Gasteiger partial charge is 0.325 e. The van der Waals surface area contributed by atoms with Crippen LogP contribution in [0, 0.1) is 0 Å². The van der Waals surface area contributed by atoms with Gasteiger partial charge in [-0.2, -0.15) is 0 Å². The SMILES string of the molecule is CCCN(CCC)C(=O)CN1C(=O)N[C@@]2(CCc3ccccc32)C1=O. The summed E-state index contributed by atoms with van der Waals surface area (Å²) < 4.78 is 0. The molecule has 4 amide bonds. The number of nitrogens with one attached hydrogen (secondary N) is 1. The van der Waals surface area contributed by atoms with Crippen LogP contribution in [0.1, 0.15) is 44.2 Å². The van der Waals surface area contributed by atoms with E-state index in [0.29, 0.717) is 19.5 Å². The molecule has 1 aliphatic heterocycles. The molecule has 6 heteroatoms. The van der Waals surface area contributed by atoms with Crippen LogP contribution in [0.4, 0.5) is 4.79 Å². The van der Waals surface area contributed by atoms with Crippen molar-refractivity contribution in [2.45, 2.75) is 45.1 Å². The van der Waals surface area contributed by atoms with Gasteiger partial charge in [0.15, 0.2) is 0 Å². The minimum absolute atomic E-state index is 0.171. The van der Waals surface area contributed by atoms with Gasteiger partial charge in [0.25, 0.3) is 5.91 Å². The number of hydrogen-bond donors (Lipinski definition) is 1. The number of imide groups is 1. The number of carbonyl (C=O) groups is 3. The van der Waals surface area contributed by atoms with E-state index in [1.165, 1.54) is 0 Å². The average molecular weight is 343 g/mol. The Labute approximate surface area is 148 Å². The Morgan fingerprint density at radius 1 is 1.20 bits per heavy atom. The molecule has 0 unspecified atom stereocenters.